The van der Waals surface area contributed by atoms with Crippen molar-refractivity contribution in [2.45, 2.75) is 91.0 Å². The molecule has 9 heteroatoms. The van der Waals surface area contributed by atoms with Crippen molar-refractivity contribution < 1.29 is 18.0 Å². The highest BCUT2D eigenvalue weighted by Gasteiger charge is 2.40. The summed E-state index contributed by atoms with van der Waals surface area (Å²) in [6.45, 7) is 8.01. The van der Waals surface area contributed by atoms with Gasteiger partial charge >= 0.3 is 0 Å². The van der Waals surface area contributed by atoms with Gasteiger partial charge in [-0.3, -0.25) is 9.59 Å². The summed E-state index contributed by atoms with van der Waals surface area (Å²) in [6, 6.07) is 7.71. The Kier molecular flexibility index (Phi) is 9.92. The van der Waals surface area contributed by atoms with E-state index in [1.54, 1.807) is 0 Å². The van der Waals surface area contributed by atoms with Crippen LogP contribution in [0.25, 0.3) is 0 Å². The fourth-order valence-electron chi connectivity index (χ4n) is 5.04. The lowest BCUT2D eigenvalue weighted by Gasteiger charge is -2.29. The molecule has 1 aromatic heterocycles. The molecule has 0 aliphatic heterocycles. The van der Waals surface area contributed by atoms with Crippen LogP contribution >= 0.6 is 11.3 Å². The zero-order chi connectivity index (χ0) is 27.2. The van der Waals surface area contributed by atoms with E-state index < -0.39 is 9.84 Å². The number of aromatic nitrogens is 1. The molecule has 1 saturated carbocycles. The van der Waals surface area contributed by atoms with Gasteiger partial charge in [0.2, 0.25) is 5.91 Å². The molecule has 7 nitrogen and oxygen atoms in total. The summed E-state index contributed by atoms with van der Waals surface area (Å²) in [4.78, 5) is 31.1. The molecule has 0 radical (unpaired) electrons. The van der Waals surface area contributed by atoms with Gasteiger partial charge in [0.1, 0.15) is 14.7 Å². The van der Waals surface area contributed by atoms with Crippen LogP contribution < -0.4 is 10.6 Å². The third-order valence-electron chi connectivity index (χ3n) is 7.11. The van der Waals surface area contributed by atoms with Crippen molar-refractivity contribution in [1.82, 2.24) is 10.3 Å². The number of thiazole rings is 1. The first kappa shape index (κ1) is 29.3. The van der Waals surface area contributed by atoms with Crippen molar-refractivity contribution in [1.29, 1.82) is 0 Å². The Bertz CT molecular complexity index is 1180. The van der Waals surface area contributed by atoms with E-state index in [2.05, 4.69) is 29.5 Å². The van der Waals surface area contributed by atoms with Gasteiger partial charge in [0.25, 0.3) is 5.91 Å². The van der Waals surface area contributed by atoms with E-state index in [-0.39, 0.29) is 34.9 Å². The molecule has 2 N–H and O–H groups in total. The van der Waals surface area contributed by atoms with Gasteiger partial charge in [-0.05, 0) is 63.6 Å². The molecule has 3 rings (SSSR count). The van der Waals surface area contributed by atoms with Crippen LogP contribution in [-0.4, -0.2) is 43.3 Å². The molecule has 1 atom stereocenters. The average molecular weight is 548 g/mol. The lowest BCUT2D eigenvalue weighted by molar-refractivity contribution is -0.132. The highest BCUT2D eigenvalue weighted by Crippen LogP contribution is 2.42. The number of aryl methyl sites for hydroxylation is 1. The van der Waals surface area contributed by atoms with Crippen molar-refractivity contribution in [3.05, 3.63) is 45.4 Å². The zero-order valence-electron chi connectivity index (χ0n) is 22.7. The van der Waals surface area contributed by atoms with Crippen LogP contribution in [0.2, 0.25) is 0 Å². The second kappa shape index (κ2) is 12.5. The first-order chi connectivity index (χ1) is 17.4. The number of rotatable bonds is 12. The first-order valence-corrected chi connectivity index (χ1v) is 16.1. The van der Waals surface area contributed by atoms with Crippen molar-refractivity contribution in [2.75, 3.05) is 17.3 Å². The van der Waals surface area contributed by atoms with Crippen LogP contribution in [0.3, 0.4) is 0 Å². The lowest BCUT2D eigenvalue weighted by Crippen LogP contribution is -2.44. The third kappa shape index (κ3) is 8.37. The van der Waals surface area contributed by atoms with Crippen LogP contribution in [0.4, 0.5) is 5.69 Å². The van der Waals surface area contributed by atoms with Crippen LogP contribution in [0.15, 0.2) is 24.3 Å². The third-order valence-corrected chi connectivity index (χ3v) is 9.59. The van der Waals surface area contributed by atoms with E-state index in [0.717, 1.165) is 60.5 Å². The number of hydrogen-bond acceptors (Lipinski definition) is 6. The summed E-state index contributed by atoms with van der Waals surface area (Å²) in [5.41, 5.74) is 2.19. The van der Waals surface area contributed by atoms with E-state index >= 15 is 0 Å². The van der Waals surface area contributed by atoms with E-state index in [1.165, 1.54) is 17.6 Å². The predicted octanol–water partition coefficient (Wildman–Crippen LogP) is 5.65. The Morgan fingerprint density at radius 2 is 1.73 bits per heavy atom. The molecule has 0 saturated heterocycles. The minimum absolute atomic E-state index is 0.0317. The number of benzene rings is 1. The van der Waals surface area contributed by atoms with Gasteiger partial charge in [0.05, 0.1) is 10.7 Å². The molecule has 2 amide bonds. The van der Waals surface area contributed by atoms with Gasteiger partial charge in [0.15, 0.2) is 0 Å². The molecule has 1 heterocycles. The van der Waals surface area contributed by atoms with Crippen molar-refractivity contribution in [3.8, 4) is 0 Å². The molecule has 37 heavy (non-hydrogen) atoms. The number of carbonyl (C=O) groups excluding carboxylic acids is 2. The first-order valence-electron chi connectivity index (χ1n) is 13.2. The van der Waals surface area contributed by atoms with Gasteiger partial charge in [-0.1, -0.05) is 45.2 Å². The van der Waals surface area contributed by atoms with Gasteiger partial charge in [-0.25, -0.2) is 13.4 Å². The smallest absolute Gasteiger partial charge is 0.267 e. The maximum Gasteiger partial charge on any atom is 0.267 e. The Hall–Kier alpha value is -2.26. The van der Waals surface area contributed by atoms with Crippen molar-refractivity contribution in [3.63, 3.8) is 0 Å². The maximum atomic E-state index is 13.3. The van der Waals surface area contributed by atoms with E-state index in [0.29, 0.717) is 17.7 Å². The Morgan fingerprint density at radius 3 is 2.30 bits per heavy atom. The number of carbonyl (C=O) groups is 2. The number of nitrogens with zero attached hydrogens (tertiary/aromatic N) is 1. The largest absolute Gasteiger partial charge is 0.353 e. The van der Waals surface area contributed by atoms with E-state index in [1.807, 2.05) is 38.1 Å². The minimum Gasteiger partial charge on any atom is -0.353 e. The van der Waals surface area contributed by atoms with Gasteiger partial charge in [-0.2, -0.15) is 0 Å². The number of sulfone groups is 1. The lowest BCUT2D eigenvalue weighted by atomic mass is 9.80. The monoisotopic (exact) mass is 547 g/mol. The van der Waals surface area contributed by atoms with Crippen LogP contribution in [0.1, 0.15) is 97.6 Å². The van der Waals surface area contributed by atoms with Crippen LogP contribution in [0.5, 0.6) is 0 Å². The fourth-order valence-corrected chi connectivity index (χ4v) is 6.73. The molecule has 0 bridgehead atoms. The van der Waals surface area contributed by atoms with E-state index in [4.69, 9.17) is 0 Å². The molecule has 1 aliphatic carbocycles. The molecule has 1 fully saturated rings. The molecular formula is C28H41N3O4S2. The molecule has 2 aromatic rings. The number of anilines is 1. The van der Waals surface area contributed by atoms with Crippen LogP contribution in [-0.2, 0) is 21.1 Å². The summed E-state index contributed by atoms with van der Waals surface area (Å²) in [5.74, 6) is 0.422. The fraction of sp³-hybridized carbons (Fsp3) is 0.607. The SMILES string of the molecule is Cc1nc(C(C)C)sc1C(=O)Nc1ccc(C[C@@H](C)NC(=O)C2(CCCCS(C)(=O)=O)CCCC2)cc1. The zero-order valence-corrected chi connectivity index (χ0v) is 24.4. The molecule has 0 unspecified atom stereocenters. The molecule has 1 aliphatic rings. The number of unbranched alkanes of at least 4 members (excludes halogenated alkanes) is 1. The summed E-state index contributed by atoms with van der Waals surface area (Å²) in [6.07, 6.45) is 7.88. The van der Waals surface area contributed by atoms with E-state index in [9.17, 15) is 18.0 Å². The maximum absolute atomic E-state index is 13.3. The standard InChI is InChI=1S/C28H41N3O4S2/c1-19(2)26-30-21(4)24(36-26)25(32)31-23-12-10-22(11-13-23)18-20(3)29-27(33)28(14-6-7-15-28)16-8-9-17-37(5,34)35/h10-13,19-20H,6-9,14-18H2,1-5H3,(H,29,33)(H,31,32)/t20-/m1/s1. The number of hydrogen-bond donors (Lipinski definition) is 2. The normalized spacial score (nSPS) is 16.1. The Balaban J connectivity index is 1.53. The van der Waals surface area contributed by atoms with Crippen molar-refractivity contribution in [2.24, 2.45) is 5.41 Å². The number of nitrogens with one attached hydrogen (secondary N) is 2. The predicted molar refractivity (Wildman–Crippen MR) is 151 cm³/mol. The molecule has 204 valence electrons. The Morgan fingerprint density at radius 1 is 1.08 bits per heavy atom. The molecular weight excluding hydrogens is 506 g/mol. The van der Waals surface area contributed by atoms with Gasteiger partial charge < -0.3 is 10.6 Å². The van der Waals surface area contributed by atoms with Crippen molar-refractivity contribution >= 4 is 38.7 Å². The topological polar surface area (TPSA) is 105 Å². The summed E-state index contributed by atoms with van der Waals surface area (Å²) in [5, 5.41) is 7.15. The average Bonchev–Trinajstić information content (AvgIpc) is 3.45. The summed E-state index contributed by atoms with van der Waals surface area (Å²) >= 11 is 1.44. The quantitative estimate of drug-likeness (QED) is 0.334. The summed E-state index contributed by atoms with van der Waals surface area (Å²) in [7, 11) is -2.97. The second-order valence-electron chi connectivity index (χ2n) is 10.9. The molecule has 1 aromatic carbocycles. The van der Waals surface area contributed by atoms with Gasteiger partial charge in [0, 0.05) is 35.1 Å². The minimum atomic E-state index is -2.97. The highest BCUT2D eigenvalue weighted by molar-refractivity contribution is 7.90. The van der Waals surface area contributed by atoms with Crippen LogP contribution in [0, 0.1) is 12.3 Å². The number of amides is 2. The van der Waals surface area contributed by atoms with Gasteiger partial charge in [-0.15, -0.1) is 11.3 Å². The summed E-state index contributed by atoms with van der Waals surface area (Å²) < 4.78 is 22.9. The highest BCUT2D eigenvalue weighted by atomic mass is 32.2. The second-order valence-corrected chi connectivity index (χ2v) is 14.2. The molecule has 0 spiro atoms. The Labute approximate surface area is 225 Å².